The van der Waals surface area contributed by atoms with Crippen molar-refractivity contribution in [1.29, 1.82) is 0 Å². The van der Waals surface area contributed by atoms with E-state index in [1.165, 1.54) is 12.1 Å². The number of halogens is 3. The lowest BCUT2D eigenvalue weighted by Gasteiger charge is -2.09. The van der Waals surface area contributed by atoms with Crippen LogP contribution in [0.25, 0.3) is 11.3 Å². The third kappa shape index (κ3) is 2.24. The Kier molecular flexibility index (Phi) is 3.13. The highest BCUT2D eigenvalue weighted by Crippen LogP contribution is 2.31. The zero-order chi connectivity index (χ0) is 13.3. The number of hydrogen-bond donors (Lipinski definition) is 1. The summed E-state index contributed by atoms with van der Waals surface area (Å²) in [6.45, 7) is 0.296. The summed E-state index contributed by atoms with van der Waals surface area (Å²) in [5, 5.41) is 4.05. The van der Waals surface area contributed by atoms with Crippen molar-refractivity contribution < 1.29 is 13.2 Å². The van der Waals surface area contributed by atoms with Gasteiger partial charge in [0.2, 0.25) is 0 Å². The Morgan fingerprint density at radius 3 is 2.33 bits per heavy atom. The van der Waals surface area contributed by atoms with E-state index in [0.29, 0.717) is 12.1 Å². The standard InChI is InChI=1S/C12H12F3N3/c1-18-11(9(6-16)7-17-18)8-2-4-10(5-3-8)12(13,14)15/h2-5,7H,6,16H2,1H3. The first-order chi connectivity index (χ1) is 8.43. The highest BCUT2D eigenvalue weighted by Gasteiger charge is 2.30. The SMILES string of the molecule is Cn1ncc(CN)c1-c1ccc(C(F)(F)F)cc1. The minimum absolute atomic E-state index is 0.296. The van der Waals surface area contributed by atoms with Gasteiger partial charge in [0.25, 0.3) is 0 Å². The molecule has 0 aliphatic rings. The number of nitrogens with two attached hydrogens (primary N) is 1. The van der Waals surface area contributed by atoms with Crippen molar-refractivity contribution in [3.05, 3.63) is 41.6 Å². The van der Waals surface area contributed by atoms with Gasteiger partial charge in [-0.15, -0.1) is 0 Å². The normalized spacial score (nSPS) is 11.8. The molecule has 2 N–H and O–H groups in total. The monoisotopic (exact) mass is 255 g/mol. The average Bonchev–Trinajstić information content (AvgIpc) is 2.69. The highest BCUT2D eigenvalue weighted by molar-refractivity contribution is 5.63. The van der Waals surface area contributed by atoms with Crippen LogP contribution in [0.2, 0.25) is 0 Å². The Labute approximate surface area is 102 Å². The van der Waals surface area contributed by atoms with E-state index in [0.717, 1.165) is 23.4 Å². The van der Waals surface area contributed by atoms with Crippen LogP contribution in [0, 0.1) is 0 Å². The number of hydrogen-bond acceptors (Lipinski definition) is 2. The van der Waals surface area contributed by atoms with E-state index >= 15 is 0 Å². The second-order valence-electron chi connectivity index (χ2n) is 3.92. The molecule has 0 amide bonds. The number of alkyl halides is 3. The van der Waals surface area contributed by atoms with Crippen molar-refractivity contribution in [3.8, 4) is 11.3 Å². The van der Waals surface area contributed by atoms with Crippen LogP contribution >= 0.6 is 0 Å². The van der Waals surface area contributed by atoms with Crippen molar-refractivity contribution in [3.63, 3.8) is 0 Å². The number of nitrogens with zero attached hydrogens (tertiary/aromatic N) is 2. The molecule has 1 aromatic heterocycles. The predicted molar refractivity (Wildman–Crippen MR) is 61.5 cm³/mol. The van der Waals surface area contributed by atoms with E-state index in [1.54, 1.807) is 17.9 Å². The lowest BCUT2D eigenvalue weighted by molar-refractivity contribution is -0.137. The summed E-state index contributed by atoms with van der Waals surface area (Å²) in [5.41, 5.74) is 7.12. The van der Waals surface area contributed by atoms with Crippen LogP contribution < -0.4 is 5.73 Å². The molecule has 0 saturated heterocycles. The van der Waals surface area contributed by atoms with Crippen molar-refractivity contribution in [2.45, 2.75) is 12.7 Å². The third-order valence-corrected chi connectivity index (χ3v) is 2.72. The van der Waals surface area contributed by atoms with Gasteiger partial charge in [-0.1, -0.05) is 12.1 Å². The van der Waals surface area contributed by atoms with Crippen LogP contribution in [0.3, 0.4) is 0 Å². The van der Waals surface area contributed by atoms with Crippen LogP contribution in [-0.2, 0) is 19.8 Å². The summed E-state index contributed by atoms with van der Waals surface area (Å²) in [6, 6.07) is 4.98. The summed E-state index contributed by atoms with van der Waals surface area (Å²) in [4.78, 5) is 0. The molecule has 0 saturated carbocycles. The summed E-state index contributed by atoms with van der Waals surface area (Å²) in [7, 11) is 1.73. The van der Waals surface area contributed by atoms with Crippen molar-refractivity contribution in [1.82, 2.24) is 9.78 Å². The van der Waals surface area contributed by atoms with Crippen molar-refractivity contribution >= 4 is 0 Å². The van der Waals surface area contributed by atoms with E-state index in [2.05, 4.69) is 5.10 Å². The van der Waals surface area contributed by atoms with E-state index in [9.17, 15) is 13.2 Å². The van der Waals surface area contributed by atoms with Crippen LogP contribution in [-0.4, -0.2) is 9.78 Å². The molecule has 2 aromatic rings. The lowest BCUT2D eigenvalue weighted by atomic mass is 10.1. The molecule has 0 spiro atoms. The Balaban J connectivity index is 2.43. The fourth-order valence-corrected chi connectivity index (χ4v) is 1.82. The fraction of sp³-hybridized carbons (Fsp3) is 0.250. The smallest absolute Gasteiger partial charge is 0.326 e. The van der Waals surface area contributed by atoms with Crippen LogP contribution in [0.4, 0.5) is 13.2 Å². The van der Waals surface area contributed by atoms with Gasteiger partial charge >= 0.3 is 6.18 Å². The molecule has 0 aliphatic carbocycles. The molecule has 1 heterocycles. The molecule has 3 nitrogen and oxygen atoms in total. The average molecular weight is 255 g/mol. The van der Waals surface area contributed by atoms with Crippen molar-refractivity contribution in [2.24, 2.45) is 12.8 Å². The quantitative estimate of drug-likeness (QED) is 0.896. The molecule has 0 fully saturated rings. The summed E-state index contributed by atoms with van der Waals surface area (Å²) >= 11 is 0. The van der Waals surface area contributed by atoms with Gasteiger partial charge in [0.05, 0.1) is 17.5 Å². The number of benzene rings is 1. The lowest BCUT2D eigenvalue weighted by Crippen LogP contribution is -2.05. The van der Waals surface area contributed by atoms with E-state index in [-0.39, 0.29) is 0 Å². The molecular formula is C12H12F3N3. The van der Waals surface area contributed by atoms with Gasteiger partial charge in [-0.3, -0.25) is 4.68 Å². The van der Waals surface area contributed by atoms with E-state index < -0.39 is 11.7 Å². The minimum Gasteiger partial charge on any atom is -0.326 e. The molecule has 0 aliphatic heterocycles. The Morgan fingerprint density at radius 1 is 1.22 bits per heavy atom. The third-order valence-electron chi connectivity index (χ3n) is 2.72. The molecule has 0 radical (unpaired) electrons. The minimum atomic E-state index is -4.32. The first-order valence-corrected chi connectivity index (χ1v) is 5.32. The maximum absolute atomic E-state index is 12.4. The van der Waals surface area contributed by atoms with Gasteiger partial charge in [-0.05, 0) is 12.1 Å². The fourth-order valence-electron chi connectivity index (χ4n) is 1.82. The molecular weight excluding hydrogens is 243 g/mol. The van der Waals surface area contributed by atoms with Crippen molar-refractivity contribution in [2.75, 3.05) is 0 Å². The molecule has 2 rings (SSSR count). The Hall–Kier alpha value is -1.82. The summed E-state index contributed by atoms with van der Waals surface area (Å²) in [6.07, 6.45) is -2.70. The van der Waals surface area contributed by atoms with Gasteiger partial charge in [0.15, 0.2) is 0 Å². The maximum Gasteiger partial charge on any atom is 0.416 e. The summed E-state index contributed by atoms with van der Waals surface area (Å²) < 4.78 is 38.9. The van der Waals surface area contributed by atoms with E-state index in [1.807, 2.05) is 0 Å². The zero-order valence-electron chi connectivity index (χ0n) is 9.70. The second-order valence-corrected chi connectivity index (χ2v) is 3.92. The molecule has 1 aromatic carbocycles. The molecule has 96 valence electrons. The predicted octanol–water partition coefficient (Wildman–Crippen LogP) is 2.56. The molecule has 0 unspecified atom stereocenters. The van der Waals surface area contributed by atoms with Gasteiger partial charge in [-0.2, -0.15) is 18.3 Å². The van der Waals surface area contributed by atoms with Gasteiger partial charge in [-0.25, -0.2) is 0 Å². The number of rotatable bonds is 2. The molecule has 0 atom stereocenters. The number of aryl methyl sites for hydroxylation is 1. The van der Waals surface area contributed by atoms with Crippen LogP contribution in [0.1, 0.15) is 11.1 Å². The highest BCUT2D eigenvalue weighted by atomic mass is 19.4. The van der Waals surface area contributed by atoms with Crippen LogP contribution in [0.15, 0.2) is 30.5 Å². The second kappa shape index (κ2) is 4.45. The van der Waals surface area contributed by atoms with Crippen LogP contribution in [0.5, 0.6) is 0 Å². The molecule has 6 heteroatoms. The number of aromatic nitrogens is 2. The summed E-state index contributed by atoms with van der Waals surface area (Å²) in [5.74, 6) is 0. The topological polar surface area (TPSA) is 43.8 Å². The molecule has 0 bridgehead atoms. The maximum atomic E-state index is 12.4. The van der Waals surface area contributed by atoms with Gasteiger partial charge < -0.3 is 5.73 Å². The first-order valence-electron chi connectivity index (χ1n) is 5.32. The van der Waals surface area contributed by atoms with Gasteiger partial charge in [0, 0.05) is 24.7 Å². The largest absolute Gasteiger partial charge is 0.416 e. The first kappa shape index (κ1) is 12.6. The van der Waals surface area contributed by atoms with Gasteiger partial charge in [0.1, 0.15) is 0 Å². The zero-order valence-corrected chi connectivity index (χ0v) is 9.70. The molecule has 18 heavy (non-hydrogen) atoms. The Bertz CT molecular complexity index is 541. The Morgan fingerprint density at radius 2 is 1.83 bits per heavy atom. The van der Waals surface area contributed by atoms with E-state index in [4.69, 9.17) is 5.73 Å².